The number of carbonyl (C=O) groups is 2. The fourth-order valence-electron chi connectivity index (χ4n) is 6.09. The second-order valence-corrected chi connectivity index (χ2v) is 13.5. The number of carboxylic acids is 2. The molecule has 20 heteroatoms. The van der Waals surface area contributed by atoms with Crippen molar-refractivity contribution in [2.24, 2.45) is 20.0 Å². The first-order valence-corrected chi connectivity index (χ1v) is 15.5. The predicted octanol–water partition coefficient (Wildman–Crippen LogP) is -2.36. The van der Waals surface area contributed by atoms with Crippen LogP contribution in [0.15, 0.2) is 20.0 Å². The zero-order chi connectivity index (χ0) is 35.2. The number of hydrogen-bond acceptors (Lipinski definition) is 18. The summed E-state index contributed by atoms with van der Waals surface area (Å²) in [5, 5.41) is 22.9. The smallest absolute Gasteiger partial charge is 0.544 e. The Morgan fingerprint density at radius 1 is 0.600 bits per heavy atom. The molecule has 0 saturated carbocycles. The van der Waals surface area contributed by atoms with E-state index in [1.165, 1.54) is 0 Å². The Balaban J connectivity index is 0.000000205. The summed E-state index contributed by atoms with van der Waals surface area (Å²) in [5.41, 5.74) is 0. The summed E-state index contributed by atoms with van der Waals surface area (Å²) in [6.45, 7) is 15.5. The van der Waals surface area contributed by atoms with Gasteiger partial charge in [0, 0.05) is 12.4 Å². The molecule has 0 amide bonds. The summed E-state index contributed by atoms with van der Waals surface area (Å²) in [7, 11) is 0. The van der Waals surface area contributed by atoms with Crippen LogP contribution >= 0.6 is 0 Å². The van der Waals surface area contributed by atoms with Gasteiger partial charge >= 0.3 is 17.1 Å². The van der Waals surface area contributed by atoms with E-state index in [4.69, 9.17) is 47.4 Å². The van der Waals surface area contributed by atoms with Crippen LogP contribution in [0.3, 0.4) is 0 Å². The zero-order valence-corrected chi connectivity index (χ0v) is 29.8. The van der Waals surface area contributed by atoms with E-state index < -0.39 is 83.3 Å². The van der Waals surface area contributed by atoms with Crippen LogP contribution in [0.5, 0.6) is 0 Å². The van der Waals surface area contributed by atoms with Gasteiger partial charge in [0.05, 0.1) is 26.3 Å². The minimum atomic E-state index is -1.93. The monoisotopic (exact) mass is 763 g/mol. The van der Waals surface area contributed by atoms with Crippen LogP contribution in [0.25, 0.3) is 0 Å². The Morgan fingerprint density at radius 2 is 0.960 bits per heavy atom. The van der Waals surface area contributed by atoms with Crippen molar-refractivity contribution in [2.45, 2.75) is 127 Å². The van der Waals surface area contributed by atoms with Gasteiger partial charge in [0.2, 0.25) is 11.6 Å². The van der Waals surface area contributed by atoms with Crippen molar-refractivity contribution in [2.75, 3.05) is 26.3 Å². The summed E-state index contributed by atoms with van der Waals surface area (Å²) in [6, 6.07) is 0. The molecule has 0 aromatic heterocycles. The quantitative estimate of drug-likeness (QED) is 0.267. The number of rotatable bonds is 2. The molecule has 19 nitrogen and oxygen atoms in total. The van der Waals surface area contributed by atoms with Gasteiger partial charge in [-0.25, -0.2) is 9.98 Å². The maximum Gasteiger partial charge on any atom is 2.00 e. The molecule has 8 aliphatic rings. The summed E-state index contributed by atoms with van der Waals surface area (Å²) in [5.74, 6) is -10.5. The fourth-order valence-corrected chi connectivity index (χ4v) is 6.09. The molecule has 0 bridgehead atoms. The maximum atomic E-state index is 11.5. The van der Waals surface area contributed by atoms with Crippen LogP contribution < -0.4 is 10.2 Å². The number of carboxylic acid groups (broad SMARTS) is 2. The van der Waals surface area contributed by atoms with Crippen molar-refractivity contribution >= 4 is 37.0 Å². The van der Waals surface area contributed by atoms with E-state index in [-0.39, 0.29) is 35.8 Å². The molecule has 1 radical (unpaired) electrons. The van der Waals surface area contributed by atoms with Gasteiger partial charge < -0.3 is 72.6 Å². The molecule has 0 unspecified atom stereocenters. The molecular weight excluding hydrogens is 720 g/mol. The topological polar surface area (TPSA) is 253 Å². The number of ether oxygens (including phenoxy) is 10. The molecule has 6 fully saturated rings. The molecule has 0 aromatic carbocycles. The maximum absolute atomic E-state index is 11.5. The molecule has 2 N–H and O–H groups in total. The van der Waals surface area contributed by atoms with E-state index in [1.54, 1.807) is 80.5 Å². The first-order valence-electron chi connectivity index (χ1n) is 15.5. The summed E-state index contributed by atoms with van der Waals surface area (Å²) < 4.78 is 55.6. The molecule has 6 saturated heterocycles. The summed E-state index contributed by atoms with van der Waals surface area (Å²) in [4.78, 5) is 37.7. The van der Waals surface area contributed by atoms with Crippen LogP contribution in [0.2, 0.25) is 0 Å². The number of hydrogen-bond donors (Lipinski definition) is 0. The minimum Gasteiger partial charge on any atom is -0.544 e. The van der Waals surface area contributed by atoms with E-state index in [0.717, 1.165) is 13.1 Å². The molecule has 8 rings (SSSR count). The third-order valence-electron chi connectivity index (χ3n) is 7.83. The minimum absolute atomic E-state index is 0. The van der Waals surface area contributed by atoms with Crippen molar-refractivity contribution in [3.05, 3.63) is 0 Å². The van der Waals surface area contributed by atoms with Gasteiger partial charge in [-0.2, -0.15) is 0 Å². The van der Waals surface area contributed by atoms with E-state index in [1.807, 2.05) is 0 Å². The van der Waals surface area contributed by atoms with E-state index in [9.17, 15) is 19.8 Å². The van der Waals surface area contributed by atoms with Gasteiger partial charge in [-0.05, 0) is 55.4 Å². The molecule has 8 heterocycles. The van der Waals surface area contributed by atoms with Crippen LogP contribution in [0.1, 0.15) is 55.4 Å². The molecule has 8 atom stereocenters. The molecule has 0 aliphatic carbocycles. The van der Waals surface area contributed by atoms with Crippen molar-refractivity contribution in [3.8, 4) is 0 Å². The second-order valence-electron chi connectivity index (χ2n) is 13.5. The SMILES string of the molecule is C1=NC=NC1.C1=NC=NC1.CC1(C)OC[C@@H]2O[C@@]3(C(=O)[O-])OC(C)(C)O[C@H]3[C@@H]2O1.CC1(C)OC[C@@H]2O[C@@]3(C(=O)[O-])OC(C)(C)O[C@H]3[C@@H]2O1.O.[Cu+2]. The van der Waals surface area contributed by atoms with Gasteiger partial charge in [0.25, 0.3) is 0 Å². The molecular formula is C30H44CuN4O15. The zero-order valence-electron chi connectivity index (χ0n) is 28.9. The molecule has 50 heavy (non-hydrogen) atoms. The first kappa shape index (κ1) is 42.1. The average Bonchev–Trinajstić information content (AvgIpc) is 3.81. The van der Waals surface area contributed by atoms with E-state index in [0.29, 0.717) is 0 Å². The van der Waals surface area contributed by atoms with Gasteiger partial charge in [-0.3, -0.25) is 9.98 Å². The third kappa shape index (κ3) is 8.83. The Labute approximate surface area is 299 Å². The van der Waals surface area contributed by atoms with E-state index in [2.05, 4.69) is 20.0 Å². The number of aliphatic imine (C=N–C) groups is 4. The number of nitrogens with zero attached hydrogens (tertiary/aromatic N) is 4. The summed E-state index contributed by atoms with van der Waals surface area (Å²) in [6.07, 6.45) is 2.66. The third-order valence-corrected chi connectivity index (χ3v) is 7.83. The summed E-state index contributed by atoms with van der Waals surface area (Å²) >= 11 is 0. The Bertz CT molecular complexity index is 1240. The van der Waals surface area contributed by atoms with Crippen LogP contribution in [-0.2, 0) is 74.0 Å². The van der Waals surface area contributed by atoms with E-state index >= 15 is 0 Å². The van der Waals surface area contributed by atoms with Gasteiger partial charge in [-0.15, -0.1) is 0 Å². The number of aliphatic carboxylic acids is 2. The van der Waals surface area contributed by atoms with Gasteiger partial charge in [0.15, 0.2) is 23.1 Å². The van der Waals surface area contributed by atoms with Crippen molar-refractivity contribution < 1.29 is 89.7 Å². The Hall–Kier alpha value is -2.30. The first-order chi connectivity index (χ1) is 22.3. The van der Waals surface area contributed by atoms with Crippen LogP contribution in [0.4, 0.5) is 0 Å². The van der Waals surface area contributed by atoms with Gasteiger partial charge in [0.1, 0.15) is 61.2 Å². The second kappa shape index (κ2) is 15.4. The van der Waals surface area contributed by atoms with Crippen molar-refractivity contribution in [3.63, 3.8) is 0 Å². The normalized spacial score (nSPS) is 39.0. The predicted molar refractivity (Wildman–Crippen MR) is 162 cm³/mol. The molecule has 285 valence electrons. The number of fused-ring (bicyclic) bond motifs is 6. The van der Waals surface area contributed by atoms with Crippen LogP contribution in [-0.4, -0.2) is 140 Å². The molecule has 0 spiro atoms. The van der Waals surface area contributed by atoms with Crippen molar-refractivity contribution in [1.82, 2.24) is 0 Å². The number of carbonyl (C=O) groups excluding carboxylic acids is 2. The fraction of sp³-hybridized carbons (Fsp3) is 0.800. The molecule has 0 aromatic rings. The average molecular weight is 764 g/mol. The van der Waals surface area contributed by atoms with Crippen molar-refractivity contribution in [1.29, 1.82) is 0 Å². The largest absolute Gasteiger partial charge is 2.00 e. The standard InChI is InChI=1S/2C12H18O7.2C3H4N2.Cu.H2O/c2*1-10(2)15-5-6-7(17-10)8-12(16-6,9(13)14)19-11(3,4)18-8;2*1-2-5-3-4-1;;/h2*6-8H,5H2,1-4H3,(H,13,14);2*1,3H,2H2;;1H2/q;;;;+2;/p-2/t2*6-,7+,8-,12+;;;;/m00..../s1. The molecule has 8 aliphatic heterocycles. The van der Waals surface area contributed by atoms with Gasteiger partial charge in [-0.1, -0.05) is 0 Å². The Morgan fingerprint density at radius 3 is 1.22 bits per heavy atom. The van der Waals surface area contributed by atoms with Crippen LogP contribution in [0, 0.1) is 0 Å². The Kier molecular flexibility index (Phi) is 12.9.